The van der Waals surface area contributed by atoms with Gasteiger partial charge in [-0.05, 0) is 49.3 Å². The number of hydrogen-bond donors (Lipinski definition) is 0. The second-order valence-corrected chi connectivity index (χ2v) is 16.4. The summed E-state index contributed by atoms with van der Waals surface area (Å²) in [4.78, 5) is 2.58. The fourth-order valence-electron chi connectivity index (χ4n) is 4.74. The number of benzene rings is 2. The van der Waals surface area contributed by atoms with E-state index in [-0.39, 0.29) is 0 Å². The van der Waals surface area contributed by atoms with Crippen LogP contribution < -0.4 is 4.74 Å². The SMILES string of the molecule is Cc1ccc(/C=C/c2cc3sc4cc(Oc5cc6sc7cc(/C=C/c8ccc(C)cc8)sc7c6s5)sc4c3s2)cc1. The van der Waals surface area contributed by atoms with Gasteiger partial charge >= 0.3 is 0 Å². The van der Waals surface area contributed by atoms with E-state index >= 15 is 0 Å². The third-order valence-corrected chi connectivity index (χ3v) is 14.1. The van der Waals surface area contributed by atoms with Crippen LogP contribution in [0.4, 0.5) is 0 Å². The molecular weight excluding hydrogens is 617 g/mol. The smallest absolute Gasteiger partial charge is 0.184 e. The number of ether oxygens (including phenoxy) is 1. The standard InChI is InChI=1S/C34H22OS6/c1-19-3-7-21(8-4-19)11-13-23-15-25-31(36-23)33-27(38-25)17-29(40-33)35-30-18-28-34(41-30)32-26(39-28)16-24(37-32)14-12-22-9-5-20(2)6-10-22/h3-18H,1-2H3/b13-11+,14-12+. The number of fused-ring (bicyclic) bond motifs is 6. The molecule has 0 bridgehead atoms. The minimum Gasteiger partial charge on any atom is -0.436 e. The highest BCUT2D eigenvalue weighted by atomic mass is 32.1. The van der Waals surface area contributed by atoms with Crippen LogP contribution in [0.5, 0.6) is 10.1 Å². The maximum absolute atomic E-state index is 6.44. The lowest BCUT2D eigenvalue weighted by Crippen LogP contribution is -1.73. The number of rotatable bonds is 6. The summed E-state index contributed by atoms with van der Waals surface area (Å²) >= 11 is 11.0. The first-order valence-electron chi connectivity index (χ1n) is 13.1. The third kappa shape index (κ3) is 5.01. The highest BCUT2D eigenvalue weighted by molar-refractivity contribution is 7.40. The van der Waals surface area contributed by atoms with Crippen molar-refractivity contribution < 1.29 is 4.74 Å². The molecular formula is C34H22OS6. The molecule has 0 saturated heterocycles. The monoisotopic (exact) mass is 638 g/mol. The average Bonchev–Trinajstić information content (AvgIpc) is 3.78. The molecule has 0 fully saturated rings. The van der Waals surface area contributed by atoms with Gasteiger partial charge in [0.1, 0.15) is 0 Å². The van der Waals surface area contributed by atoms with Gasteiger partial charge in [0.25, 0.3) is 0 Å². The first kappa shape index (κ1) is 25.7. The van der Waals surface area contributed by atoms with Crippen molar-refractivity contribution in [3.8, 4) is 10.1 Å². The van der Waals surface area contributed by atoms with Crippen LogP contribution in [0.2, 0.25) is 0 Å². The Kier molecular flexibility index (Phi) is 6.47. The third-order valence-electron chi connectivity index (χ3n) is 6.87. The Morgan fingerprint density at radius 1 is 0.439 bits per heavy atom. The normalized spacial score (nSPS) is 12.4. The molecule has 2 aromatic carbocycles. The lowest BCUT2D eigenvalue weighted by Gasteiger charge is -1.96. The molecule has 6 heterocycles. The van der Waals surface area contributed by atoms with Gasteiger partial charge in [-0.2, -0.15) is 0 Å². The maximum atomic E-state index is 6.44. The molecule has 0 amide bonds. The van der Waals surface area contributed by atoms with Crippen molar-refractivity contribution in [2.75, 3.05) is 0 Å². The summed E-state index contributed by atoms with van der Waals surface area (Å²) in [6.07, 6.45) is 8.86. The maximum Gasteiger partial charge on any atom is 0.184 e. The van der Waals surface area contributed by atoms with E-state index in [0.717, 1.165) is 10.1 Å². The van der Waals surface area contributed by atoms with E-state index in [1.165, 1.54) is 69.6 Å². The Hall–Kier alpha value is -3.04. The Labute approximate surface area is 261 Å². The molecule has 0 aliphatic heterocycles. The first-order chi connectivity index (χ1) is 20.0. The Morgan fingerprint density at radius 3 is 1.27 bits per heavy atom. The van der Waals surface area contributed by atoms with Gasteiger partial charge in [-0.15, -0.1) is 45.3 Å². The van der Waals surface area contributed by atoms with Crippen molar-refractivity contribution in [2.45, 2.75) is 13.8 Å². The summed E-state index contributed by atoms with van der Waals surface area (Å²) in [6.45, 7) is 4.24. The number of aryl methyl sites for hydroxylation is 2. The van der Waals surface area contributed by atoms with Crippen LogP contribution in [0.1, 0.15) is 32.0 Å². The van der Waals surface area contributed by atoms with Crippen molar-refractivity contribution in [2.24, 2.45) is 0 Å². The van der Waals surface area contributed by atoms with Gasteiger partial charge in [-0.1, -0.05) is 94.5 Å². The molecule has 1 nitrogen and oxygen atoms in total. The second kappa shape index (κ2) is 10.3. The summed E-state index contributed by atoms with van der Waals surface area (Å²) in [5.74, 6) is 0. The molecule has 0 saturated carbocycles. The quantitative estimate of drug-likeness (QED) is 0.176. The minimum atomic E-state index is 0.969. The zero-order valence-electron chi connectivity index (χ0n) is 22.1. The van der Waals surface area contributed by atoms with Crippen LogP contribution >= 0.6 is 68.0 Å². The summed E-state index contributed by atoms with van der Waals surface area (Å²) in [7, 11) is 0. The van der Waals surface area contributed by atoms with Gasteiger partial charge in [0, 0.05) is 31.3 Å². The second-order valence-electron chi connectivity index (χ2n) is 10.00. The molecule has 41 heavy (non-hydrogen) atoms. The molecule has 0 atom stereocenters. The zero-order valence-corrected chi connectivity index (χ0v) is 27.0. The highest BCUT2D eigenvalue weighted by Crippen LogP contribution is 2.50. The molecule has 8 rings (SSSR count). The van der Waals surface area contributed by atoms with E-state index in [4.69, 9.17) is 4.74 Å². The van der Waals surface area contributed by atoms with Crippen LogP contribution in [0.3, 0.4) is 0 Å². The van der Waals surface area contributed by atoms with Crippen LogP contribution in [-0.2, 0) is 0 Å². The van der Waals surface area contributed by atoms with E-state index < -0.39 is 0 Å². The van der Waals surface area contributed by atoms with E-state index in [0.29, 0.717) is 0 Å². The minimum absolute atomic E-state index is 0.969. The molecule has 0 N–H and O–H groups in total. The van der Waals surface area contributed by atoms with Crippen molar-refractivity contribution in [3.05, 3.63) is 105 Å². The zero-order chi connectivity index (χ0) is 27.5. The van der Waals surface area contributed by atoms with E-state index in [1.54, 1.807) is 22.7 Å². The first-order valence-corrected chi connectivity index (χ1v) is 18.0. The molecule has 6 aromatic heterocycles. The molecule has 0 aliphatic carbocycles. The molecule has 0 radical (unpaired) electrons. The van der Waals surface area contributed by atoms with Gasteiger partial charge in [-0.25, -0.2) is 0 Å². The fraction of sp³-hybridized carbons (Fsp3) is 0.0588. The summed E-state index contributed by atoms with van der Waals surface area (Å²) in [5.41, 5.74) is 5.04. The molecule has 0 spiro atoms. The molecule has 8 aromatic rings. The van der Waals surface area contributed by atoms with Crippen molar-refractivity contribution in [3.63, 3.8) is 0 Å². The predicted molar refractivity (Wildman–Crippen MR) is 190 cm³/mol. The van der Waals surface area contributed by atoms with Gasteiger partial charge in [0.15, 0.2) is 10.1 Å². The summed E-state index contributed by atoms with van der Waals surface area (Å²) in [6, 6.07) is 26.4. The van der Waals surface area contributed by atoms with Gasteiger partial charge in [0.2, 0.25) is 0 Å². The largest absolute Gasteiger partial charge is 0.436 e. The molecule has 200 valence electrons. The van der Waals surface area contributed by atoms with Crippen molar-refractivity contribution >= 4 is 130 Å². The summed E-state index contributed by atoms with van der Waals surface area (Å²) in [5, 5.41) is 1.94. The molecule has 0 aliphatic rings. The number of thiophene rings is 6. The topological polar surface area (TPSA) is 9.23 Å². The van der Waals surface area contributed by atoms with Crippen molar-refractivity contribution in [1.29, 1.82) is 0 Å². The van der Waals surface area contributed by atoms with Crippen LogP contribution in [0.15, 0.2) is 72.8 Å². The van der Waals surface area contributed by atoms with Gasteiger partial charge in [-0.3, -0.25) is 0 Å². The van der Waals surface area contributed by atoms with Gasteiger partial charge in [0.05, 0.1) is 28.2 Å². The predicted octanol–water partition coefficient (Wildman–Crippen LogP) is 13.4. The van der Waals surface area contributed by atoms with E-state index in [9.17, 15) is 0 Å². The van der Waals surface area contributed by atoms with Crippen molar-refractivity contribution in [1.82, 2.24) is 0 Å². The van der Waals surface area contributed by atoms with E-state index in [2.05, 4.69) is 111 Å². The Bertz CT molecular complexity index is 2080. The lowest BCUT2D eigenvalue weighted by molar-refractivity contribution is 0.512. The lowest BCUT2D eigenvalue weighted by atomic mass is 10.1. The van der Waals surface area contributed by atoms with Crippen LogP contribution in [0, 0.1) is 13.8 Å². The average molecular weight is 639 g/mol. The van der Waals surface area contributed by atoms with Crippen LogP contribution in [-0.4, -0.2) is 0 Å². The van der Waals surface area contributed by atoms with E-state index in [1.807, 2.05) is 45.3 Å². The van der Waals surface area contributed by atoms with Crippen LogP contribution in [0.25, 0.3) is 61.9 Å². The molecule has 0 unspecified atom stereocenters. The molecule has 7 heteroatoms. The summed E-state index contributed by atoms with van der Waals surface area (Å²) < 4.78 is 17.2. The fourth-order valence-corrected chi connectivity index (χ4v) is 12.4. The number of hydrogen-bond acceptors (Lipinski definition) is 7. The Morgan fingerprint density at radius 2 is 0.829 bits per heavy atom. The van der Waals surface area contributed by atoms with Gasteiger partial charge < -0.3 is 4.74 Å². The Balaban J connectivity index is 1.03. The highest BCUT2D eigenvalue weighted by Gasteiger charge is 2.17.